The first kappa shape index (κ1) is 11.2. The average molecular weight is 209 g/mol. The molecule has 5 heteroatoms. The quantitative estimate of drug-likeness (QED) is 0.283. The van der Waals surface area contributed by atoms with Crippen LogP contribution in [0.15, 0.2) is 12.1 Å². The van der Waals surface area contributed by atoms with Gasteiger partial charge in [0.15, 0.2) is 17.5 Å². The number of rotatable bonds is 3. The van der Waals surface area contributed by atoms with Crippen molar-refractivity contribution in [3.05, 3.63) is 23.3 Å². The summed E-state index contributed by atoms with van der Waals surface area (Å²) < 4.78 is 0. The van der Waals surface area contributed by atoms with Crippen LogP contribution < -0.4 is 11.1 Å². The Labute approximate surface area is 88.1 Å². The van der Waals surface area contributed by atoms with Crippen LogP contribution in [0.5, 0.6) is 11.5 Å². The minimum absolute atomic E-state index is 0.0735. The minimum Gasteiger partial charge on any atom is -0.504 e. The van der Waals surface area contributed by atoms with Crippen molar-refractivity contribution in [1.82, 2.24) is 5.32 Å². The summed E-state index contributed by atoms with van der Waals surface area (Å²) in [7, 11) is 0. The van der Waals surface area contributed by atoms with Gasteiger partial charge in [0.2, 0.25) is 0 Å². The number of benzene rings is 1. The van der Waals surface area contributed by atoms with Gasteiger partial charge < -0.3 is 21.3 Å². The predicted molar refractivity (Wildman–Crippen MR) is 58.1 cm³/mol. The van der Waals surface area contributed by atoms with E-state index >= 15 is 0 Å². The first-order chi connectivity index (χ1) is 7.00. The van der Waals surface area contributed by atoms with Gasteiger partial charge in [0.25, 0.3) is 0 Å². The van der Waals surface area contributed by atoms with Gasteiger partial charge in [-0.15, -0.1) is 0 Å². The molecule has 6 N–H and O–H groups in total. The third-order valence-corrected chi connectivity index (χ3v) is 2.14. The van der Waals surface area contributed by atoms with Crippen molar-refractivity contribution in [2.45, 2.75) is 13.3 Å². The lowest BCUT2D eigenvalue weighted by Crippen LogP contribution is -2.31. The number of nitrogens with one attached hydrogen (secondary N) is 2. The highest BCUT2D eigenvalue weighted by atomic mass is 16.3. The molecule has 1 aromatic rings. The molecule has 0 unspecified atom stereocenters. The number of phenols is 2. The molecule has 0 spiro atoms. The number of hydrogen-bond acceptors (Lipinski definition) is 3. The van der Waals surface area contributed by atoms with Crippen molar-refractivity contribution >= 4 is 5.96 Å². The van der Waals surface area contributed by atoms with E-state index in [-0.39, 0.29) is 17.5 Å². The summed E-state index contributed by atoms with van der Waals surface area (Å²) in [6, 6.07) is 3.03. The van der Waals surface area contributed by atoms with E-state index in [0.717, 1.165) is 11.1 Å². The van der Waals surface area contributed by atoms with E-state index in [1.165, 1.54) is 12.1 Å². The number of aromatic hydroxyl groups is 2. The van der Waals surface area contributed by atoms with E-state index in [2.05, 4.69) is 5.32 Å². The largest absolute Gasteiger partial charge is 0.504 e. The second-order valence-electron chi connectivity index (χ2n) is 3.36. The van der Waals surface area contributed by atoms with Crippen molar-refractivity contribution < 1.29 is 10.2 Å². The topological polar surface area (TPSA) is 102 Å². The average Bonchev–Trinajstić information content (AvgIpc) is 2.13. The second kappa shape index (κ2) is 4.54. The maximum atomic E-state index is 9.30. The molecule has 0 aliphatic rings. The summed E-state index contributed by atoms with van der Waals surface area (Å²) in [5, 5.41) is 28.2. The van der Waals surface area contributed by atoms with Crippen LogP contribution in [0, 0.1) is 12.3 Å². The molecule has 1 aromatic carbocycles. The standard InChI is InChI=1S/C10H15N3O2/c1-6-4-8(14)9(15)5-7(6)2-3-13-10(11)12/h4-5,14-15H,2-3H2,1H3,(H4,11,12,13). The van der Waals surface area contributed by atoms with Crippen LogP contribution in [-0.2, 0) is 6.42 Å². The Morgan fingerprint density at radius 1 is 1.40 bits per heavy atom. The normalized spacial score (nSPS) is 9.93. The van der Waals surface area contributed by atoms with Crippen molar-refractivity contribution in [3.8, 4) is 11.5 Å². The van der Waals surface area contributed by atoms with Gasteiger partial charge in [-0.25, -0.2) is 0 Å². The van der Waals surface area contributed by atoms with Crippen LogP contribution in [0.25, 0.3) is 0 Å². The summed E-state index contributed by atoms with van der Waals surface area (Å²) in [5.74, 6) is -0.315. The summed E-state index contributed by atoms with van der Waals surface area (Å²) in [6.07, 6.45) is 0.638. The summed E-state index contributed by atoms with van der Waals surface area (Å²) in [6.45, 7) is 2.38. The number of nitrogens with two attached hydrogens (primary N) is 1. The van der Waals surface area contributed by atoms with Gasteiger partial charge >= 0.3 is 0 Å². The van der Waals surface area contributed by atoms with E-state index in [1.54, 1.807) is 0 Å². The molecule has 0 aromatic heterocycles. The Morgan fingerprint density at radius 3 is 2.60 bits per heavy atom. The predicted octanol–water partition coefficient (Wildman–Crippen LogP) is 0.432. The summed E-state index contributed by atoms with van der Waals surface area (Å²) in [4.78, 5) is 0. The number of aryl methyl sites for hydroxylation is 1. The van der Waals surface area contributed by atoms with Crippen LogP contribution in [0.3, 0.4) is 0 Å². The monoisotopic (exact) mass is 209 g/mol. The lowest BCUT2D eigenvalue weighted by molar-refractivity contribution is 0.402. The molecule has 0 saturated heterocycles. The first-order valence-corrected chi connectivity index (χ1v) is 4.60. The fourth-order valence-corrected chi connectivity index (χ4v) is 1.33. The fourth-order valence-electron chi connectivity index (χ4n) is 1.33. The zero-order valence-electron chi connectivity index (χ0n) is 8.54. The maximum absolute atomic E-state index is 9.30. The highest BCUT2D eigenvalue weighted by molar-refractivity contribution is 5.74. The second-order valence-corrected chi connectivity index (χ2v) is 3.36. The van der Waals surface area contributed by atoms with Crippen molar-refractivity contribution in [2.75, 3.05) is 6.54 Å². The smallest absolute Gasteiger partial charge is 0.185 e. The first-order valence-electron chi connectivity index (χ1n) is 4.60. The third-order valence-electron chi connectivity index (χ3n) is 2.14. The maximum Gasteiger partial charge on any atom is 0.185 e. The van der Waals surface area contributed by atoms with Crippen LogP contribution in [0.4, 0.5) is 0 Å². The van der Waals surface area contributed by atoms with Crippen LogP contribution in [0.1, 0.15) is 11.1 Å². The van der Waals surface area contributed by atoms with Gasteiger partial charge in [-0.2, -0.15) is 0 Å². The summed E-state index contributed by atoms with van der Waals surface area (Å²) in [5.41, 5.74) is 6.95. The molecular formula is C10H15N3O2. The van der Waals surface area contributed by atoms with Crippen molar-refractivity contribution in [1.29, 1.82) is 5.41 Å². The molecule has 0 radical (unpaired) electrons. The number of guanidine groups is 1. The minimum atomic E-state index is -0.126. The van der Waals surface area contributed by atoms with Gasteiger partial charge in [0, 0.05) is 6.54 Å². The number of hydrogen-bond donors (Lipinski definition) is 5. The third kappa shape index (κ3) is 3.05. The zero-order chi connectivity index (χ0) is 11.4. The van der Waals surface area contributed by atoms with E-state index < -0.39 is 0 Å². The Morgan fingerprint density at radius 2 is 2.00 bits per heavy atom. The van der Waals surface area contributed by atoms with Gasteiger partial charge in [0.1, 0.15) is 0 Å². The van der Waals surface area contributed by atoms with E-state index in [4.69, 9.17) is 11.1 Å². The highest BCUT2D eigenvalue weighted by Gasteiger charge is 2.05. The molecule has 82 valence electrons. The molecular weight excluding hydrogens is 194 g/mol. The Hall–Kier alpha value is -1.91. The molecule has 5 nitrogen and oxygen atoms in total. The molecule has 0 atom stereocenters. The lowest BCUT2D eigenvalue weighted by Gasteiger charge is -2.08. The van der Waals surface area contributed by atoms with E-state index in [1.807, 2.05) is 6.92 Å². The molecule has 15 heavy (non-hydrogen) atoms. The highest BCUT2D eigenvalue weighted by Crippen LogP contribution is 2.27. The van der Waals surface area contributed by atoms with Crippen LogP contribution in [-0.4, -0.2) is 22.7 Å². The van der Waals surface area contributed by atoms with Crippen molar-refractivity contribution in [2.24, 2.45) is 5.73 Å². The molecule has 0 bridgehead atoms. The molecule has 0 saturated carbocycles. The molecule has 0 aliphatic carbocycles. The molecule has 0 amide bonds. The van der Waals surface area contributed by atoms with Crippen LogP contribution in [0.2, 0.25) is 0 Å². The Balaban J connectivity index is 2.69. The van der Waals surface area contributed by atoms with Gasteiger partial charge in [0.05, 0.1) is 0 Å². The summed E-state index contributed by atoms with van der Waals surface area (Å²) >= 11 is 0. The van der Waals surface area contributed by atoms with Gasteiger partial charge in [-0.3, -0.25) is 5.41 Å². The fraction of sp³-hybridized carbons (Fsp3) is 0.300. The molecule has 0 fully saturated rings. The number of phenolic OH excluding ortho intramolecular Hbond substituents is 2. The van der Waals surface area contributed by atoms with E-state index in [9.17, 15) is 10.2 Å². The van der Waals surface area contributed by atoms with Crippen molar-refractivity contribution in [3.63, 3.8) is 0 Å². The SMILES string of the molecule is Cc1cc(O)c(O)cc1CCNC(=N)N. The van der Waals surface area contributed by atoms with E-state index in [0.29, 0.717) is 13.0 Å². The molecule has 0 aliphatic heterocycles. The lowest BCUT2D eigenvalue weighted by atomic mass is 10.0. The zero-order valence-corrected chi connectivity index (χ0v) is 8.54. The Kier molecular flexibility index (Phi) is 3.38. The molecule has 1 rings (SSSR count). The van der Waals surface area contributed by atoms with Gasteiger partial charge in [-0.05, 0) is 36.6 Å². The van der Waals surface area contributed by atoms with Crippen LogP contribution >= 0.6 is 0 Å². The molecule has 0 heterocycles. The Bertz CT molecular complexity index is 377. The van der Waals surface area contributed by atoms with Gasteiger partial charge in [-0.1, -0.05) is 0 Å².